The third-order valence-electron chi connectivity index (χ3n) is 4.16. The molecular formula is C20H25NO5. The van der Waals surface area contributed by atoms with Crippen molar-refractivity contribution in [3.8, 4) is 16.9 Å². The summed E-state index contributed by atoms with van der Waals surface area (Å²) < 4.78 is 10.2. The third kappa shape index (κ3) is 4.95. The Hall–Kier alpha value is -2.60. The molecule has 2 aliphatic rings. The first-order valence-corrected chi connectivity index (χ1v) is 8.95. The van der Waals surface area contributed by atoms with Crippen molar-refractivity contribution in [2.24, 2.45) is 0 Å². The van der Waals surface area contributed by atoms with Crippen LogP contribution in [-0.2, 0) is 11.2 Å². The summed E-state index contributed by atoms with van der Waals surface area (Å²) >= 11 is 0. The molecule has 6 heteroatoms. The number of hydroxylamine groups is 1. The second kappa shape index (κ2) is 9.77. The van der Waals surface area contributed by atoms with Crippen LogP contribution in [0.3, 0.4) is 0 Å². The number of hydrogen-bond donors (Lipinski definition) is 2. The topological polar surface area (TPSA) is 84.9 Å². The van der Waals surface area contributed by atoms with Crippen molar-refractivity contribution in [3.05, 3.63) is 41.5 Å². The first-order chi connectivity index (χ1) is 12.6. The molecular weight excluding hydrogens is 334 g/mol. The van der Waals surface area contributed by atoms with Gasteiger partial charge in [-0.15, -0.1) is 0 Å². The molecule has 0 atom stereocenters. The van der Waals surface area contributed by atoms with E-state index in [9.17, 15) is 9.59 Å². The average molecular weight is 359 g/mol. The maximum atomic E-state index is 11.8. The standard InChI is InChI=1S/C20H25NO5/c1-3-5-6-7-9-14-13-18(26-20(23)25-4-2)16-11-8-10-15(12-17(14)16)19(22)21-24/h8,10-13,24H,3-7,9H2,1-2H3,(H,21,22). The summed E-state index contributed by atoms with van der Waals surface area (Å²) in [4.78, 5) is 23.5. The number of carbonyl (C=O) groups excluding carboxylic acids is 2. The Morgan fingerprint density at radius 2 is 1.88 bits per heavy atom. The van der Waals surface area contributed by atoms with Crippen molar-refractivity contribution < 1.29 is 24.3 Å². The Morgan fingerprint density at radius 1 is 1.08 bits per heavy atom. The lowest BCUT2D eigenvalue weighted by Crippen LogP contribution is -2.18. The molecule has 0 radical (unpaired) electrons. The summed E-state index contributed by atoms with van der Waals surface area (Å²) in [5.41, 5.74) is 4.52. The molecule has 0 aromatic carbocycles. The number of aryl methyl sites for hydroxylation is 1. The van der Waals surface area contributed by atoms with Gasteiger partial charge in [-0.1, -0.05) is 38.3 Å². The molecule has 0 saturated carbocycles. The van der Waals surface area contributed by atoms with Crippen molar-refractivity contribution in [3.63, 3.8) is 0 Å². The first-order valence-electron chi connectivity index (χ1n) is 8.95. The van der Waals surface area contributed by atoms with Gasteiger partial charge in [-0.3, -0.25) is 10.0 Å². The van der Waals surface area contributed by atoms with Gasteiger partial charge in [0.1, 0.15) is 5.75 Å². The summed E-state index contributed by atoms with van der Waals surface area (Å²) in [7, 11) is 0. The van der Waals surface area contributed by atoms with Crippen LogP contribution in [0.2, 0.25) is 0 Å². The fourth-order valence-electron chi connectivity index (χ4n) is 2.89. The molecule has 2 rings (SSSR count). The lowest BCUT2D eigenvalue weighted by molar-refractivity contribution is 0.0706. The van der Waals surface area contributed by atoms with E-state index in [1.165, 1.54) is 0 Å². The fourth-order valence-corrected chi connectivity index (χ4v) is 2.89. The zero-order chi connectivity index (χ0) is 18.9. The highest BCUT2D eigenvalue weighted by Gasteiger charge is 2.20. The van der Waals surface area contributed by atoms with E-state index >= 15 is 0 Å². The number of unbranched alkanes of at least 4 members (excludes halogenated alkanes) is 3. The van der Waals surface area contributed by atoms with Crippen molar-refractivity contribution >= 4 is 12.1 Å². The van der Waals surface area contributed by atoms with Gasteiger partial charge in [0.2, 0.25) is 0 Å². The van der Waals surface area contributed by atoms with Gasteiger partial charge in [0.15, 0.2) is 0 Å². The second-order valence-electron chi connectivity index (χ2n) is 6.02. The summed E-state index contributed by atoms with van der Waals surface area (Å²) in [5.74, 6) is -0.177. The van der Waals surface area contributed by atoms with E-state index in [0.717, 1.165) is 48.8 Å². The van der Waals surface area contributed by atoms with Crippen LogP contribution in [0.15, 0.2) is 30.3 Å². The van der Waals surface area contributed by atoms with Crippen LogP contribution in [0.1, 0.15) is 55.5 Å². The highest BCUT2D eigenvalue weighted by molar-refractivity contribution is 5.95. The Balaban J connectivity index is 2.37. The largest absolute Gasteiger partial charge is 0.513 e. The molecule has 140 valence electrons. The Bertz CT molecular complexity index is 728. The maximum Gasteiger partial charge on any atom is 0.513 e. The molecule has 0 aliphatic heterocycles. The first kappa shape index (κ1) is 19.7. The Labute approximate surface area is 153 Å². The highest BCUT2D eigenvalue weighted by Crippen LogP contribution is 2.39. The van der Waals surface area contributed by atoms with Crippen LogP contribution < -0.4 is 10.2 Å². The normalized spacial score (nSPS) is 10.6. The van der Waals surface area contributed by atoms with Gasteiger partial charge in [0, 0.05) is 11.1 Å². The van der Waals surface area contributed by atoms with Gasteiger partial charge in [-0.2, -0.15) is 0 Å². The Morgan fingerprint density at radius 3 is 2.58 bits per heavy atom. The van der Waals surface area contributed by atoms with Gasteiger partial charge < -0.3 is 9.47 Å². The van der Waals surface area contributed by atoms with E-state index in [2.05, 4.69) is 6.92 Å². The number of amides is 1. The van der Waals surface area contributed by atoms with Gasteiger partial charge in [-0.05, 0) is 49.1 Å². The van der Waals surface area contributed by atoms with Crippen molar-refractivity contribution in [1.82, 2.24) is 5.48 Å². The SMILES string of the molecule is CCCCCCc1cc(OC(=O)OCC)c2cccc(C(=O)NO)cc1-2. The maximum absolute atomic E-state index is 11.8. The molecule has 0 aromatic rings. The van der Waals surface area contributed by atoms with Crippen LogP contribution in [0.5, 0.6) is 5.75 Å². The van der Waals surface area contributed by atoms with E-state index in [4.69, 9.17) is 14.7 Å². The number of ether oxygens (including phenoxy) is 2. The van der Waals surface area contributed by atoms with E-state index < -0.39 is 12.1 Å². The van der Waals surface area contributed by atoms with Gasteiger partial charge in [-0.25, -0.2) is 10.3 Å². The minimum Gasteiger partial charge on any atom is -0.434 e. The van der Waals surface area contributed by atoms with Crippen molar-refractivity contribution in [1.29, 1.82) is 0 Å². The molecule has 0 heterocycles. The molecule has 0 unspecified atom stereocenters. The van der Waals surface area contributed by atoms with Crippen LogP contribution in [0.4, 0.5) is 4.79 Å². The predicted octanol–water partition coefficient (Wildman–Crippen LogP) is 4.57. The molecule has 2 N–H and O–H groups in total. The van der Waals surface area contributed by atoms with E-state index in [1.54, 1.807) is 36.7 Å². The summed E-state index contributed by atoms with van der Waals surface area (Å²) in [5, 5.41) is 8.91. The molecule has 0 aromatic heterocycles. The molecule has 0 fully saturated rings. The summed E-state index contributed by atoms with van der Waals surface area (Å²) in [6.07, 6.45) is 4.49. The Kier molecular flexibility index (Phi) is 7.41. The minimum atomic E-state index is -0.753. The molecule has 26 heavy (non-hydrogen) atoms. The highest BCUT2D eigenvalue weighted by atomic mass is 16.7. The summed E-state index contributed by atoms with van der Waals surface area (Å²) in [6, 6.07) is 8.60. The molecule has 6 nitrogen and oxygen atoms in total. The number of nitrogens with one attached hydrogen (secondary N) is 1. The van der Waals surface area contributed by atoms with Crippen LogP contribution in [-0.4, -0.2) is 23.9 Å². The zero-order valence-electron chi connectivity index (χ0n) is 15.2. The van der Waals surface area contributed by atoms with Crippen molar-refractivity contribution in [2.75, 3.05) is 6.61 Å². The lowest BCUT2D eigenvalue weighted by atomic mass is 10.0. The second-order valence-corrected chi connectivity index (χ2v) is 6.02. The van der Waals surface area contributed by atoms with Gasteiger partial charge >= 0.3 is 6.16 Å². The monoisotopic (exact) mass is 359 g/mol. The molecule has 0 bridgehead atoms. The quantitative estimate of drug-likeness (QED) is 0.312. The number of hydrogen-bond acceptors (Lipinski definition) is 5. The van der Waals surface area contributed by atoms with Gasteiger partial charge in [0.25, 0.3) is 5.91 Å². The number of fused-ring (bicyclic) bond motifs is 1. The van der Waals surface area contributed by atoms with E-state index in [-0.39, 0.29) is 6.61 Å². The average Bonchev–Trinajstić information content (AvgIpc) is 2.81. The van der Waals surface area contributed by atoms with Crippen molar-refractivity contribution in [2.45, 2.75) is 46.0 Å². The summed E-state index contributed by atoms with van der Waals surface area (Å²) in [6.45, 7) is 4.10. The number of carbonyl (C=O) groups is 2. The van der Waals surface area contributed by atoms with Crippen LogP contribution in [0, 0.1) is 0 Å². The zero-order valence-corrected chi connectivity index (χ0v) is 15.2. The molecule has 2 aliphatic carbocycles. The van der Waals surface area contributed by atoms with E-state index in [0.29, 0.717) is 11.3 Å². The predicted molar refractivity (Wildman–Crippen MR) is 97.8 cm³/mol. The third-order valence-corrected chi connectivity index (χ3v) is 4.16. The van der Waals surface area contributed by atoms with Gasteiger partial charge in [0.05, 0.1) is 6.61 Å². The van der Waals surface area contributed by atoms with Crippen LogP contribution in [0.25, 0.3) is 11.1 Å². The molecule has 0 saturated heterocycles. The smallest absolute Gasteiger partial charge is 0.434 e. The van der Waals surface area contributed by atoms with Crippen LogP contribution >= 0.6 is 0 Å². The molecule has 1 amide bonds. The van der Waals surface area contributed by atoms with E-state index in [1.807, 2.05) is 6.07 Å². The minimum absolute atomic E-state index is 0.232. The molecule has 0 spiro atoms. The number of rotatable bonds is 8. The fraction of sp³-hybridized carbons (Fsp3) is 0.400. The lowest BCUT2D eigenvalue weighted by Gasteiger charge is -2.04.